The summed E-state index contributed by atoms with van der Waals surface area (Å²) in [7, 11) is 3.63. The molecule has 1 fully saturated rings. The van der Waals surface area contributed by atoms with Crippen molar-refractivity contribution in [3.05, 3.63) is 18.2 Å². The highest BCUT2D eigenvalue weighted by Gasteiger charge is 2.25. The highest BCUT2D eigenvalue weighted by molar-refractivity contribution is 5.45. The summed E-state index contributed by atoms with van der Waals surface area (Å²) in [6, 6.07) is 4.86. The van der Waals surface area contributed by atoms with Gasteiger partial charge in [-0.05, 0) is 19.2 Å². The summed E-state index contributed by atoms with van der Waals surface area (Å²) in [4.78, 5) is 2.17. The molecule has 1 heterocycles. The van der Waals surface area contributed by atoms with E-state index in [4.69, 9.17) is 9.47 Å². The van der Waals surface area contributed by atoms with E-state index in [1.165, 1.54) is 0 Å². The van der Waals surface area contributed by atoms with E-state index in [-0.39, 0.29) is 11.9 Å². The molecular weight excluding hydrogens is 194 g/mol. The highest BCUT2D eigenvalue weighted by atomic mass is 16.5. The van der Waals surface area contributed by atoms with Crippen LogP contribution in [0.5, 0.6) is 17.2 Å². The smallest absolute Gasteiger partial charge is 0.165 e. The molecule has 1 aliphatic rings. The van der Waals surface area contributed by atoms with Crippen molar-refractivity contribution < 1.29 is 14.6 Å². The van der Waals surface area contributed by atoms with Gasteiger partial charge in [0.05, 0.1) is 7.11 Å². The number of likely N-dealkylation sites (tertiary alicyclic amines) is 1. The minimum absolute atomic E-state index is 0.193. The lowest BCUT2D eigenvalue weighted by Crippen LogP contribution is -2.51. The van der Waals surface area contributed by atoms with E-state index < -0.39 is 0 Å². The van der Waals surface area contributed by atoms with Gasteiger partial charge in [-0.3, -0.25) is 4.90 Å². The van der Waals surface area contributed by atoms with Crippen LogP contribution in [0.15, 0.2) is 18.2 Å². The molecule has 0 bridgehead atoms. The molecule has 0 unspecified atom stereocenters. The molecule has 1 aromatic carbocycles. The van der Waals surface area contributed by atoms with Crippen molar-refractivity contribution in [1.29, 1.82) is 0 Å². The van der Waals surface area contributed by atoms with Crippen molar-refractivity contribution in [2.75, 3.05) is 27.2 Å². The lowest BCUT2D eigenvalue weighted by atomic mass is 10.2. The molecule has 1 N–H and O–H groups in total. The molecule has 4 heteroatoms. The molecule has 1 aromatic rings. The zero-order chi connectivity index (χ0) is 10.8. The predicted molar refractivity (Wildman–Crippen MR) is 56.6 cm³/mol. The number of hydrogen-bond acceptors (Lipinski definition) is 4. The molecule has 2 rings (SSSR count). The number of ether oxygens (including phenoxy) is 2. The first-order valence-electron chi connectivity index (χ1n) is 4.91. The molecule has 0 saturated carbocycles. The van der Waals surface area contributed by atoms with Gasteiger partial charge in [-0.15, -0.1) is 0 Å². The second kappa shape index (κ2) is 3.98. The Morgan fingerprint density at radius 2 is 2.07 bits per heavy atom. The average Bonchev–Trinajstić information content (AvgIpc) is 2.16. The molecule has 0 spiro atoms. The number of benzene rings is 1. The maximum atomic E-state index is 9.34. The average molecular weight is 209 g/mol. The van der Waals surface area contributed by atoms with Crippen LogP contribution in [0.25, 0.3) is 0 Å². The van der Waals surface area contributed by atoms with Crippen LogP contribution in [0.3, 0.4) is 0 Å². The fourth-order valence-electron chi connectivity index (χ4n) is 1.65. The second-order valence-corrected chi connectivity index (χ2v) is 3.80. The van der Waals surface area contributed by atoms with Crippen molar-refractivity contribution >= 4 is 0 Å². The lowest BCUT2D eigenvalue weighted by Gasteiger charge is -2.36. The zero-order valence-corrected chi connectivity index (χ0v) is 8.93. The van der Waals surface area contributed by atoms with Gasteiger partial charge in [-0.1, -0.05) is 0 Å². The summed E-state index contributed by atoms with van der Waals surface area (Å²) in [6.07, 6.45) is 0.200. The van der Waals surface area contributed by atoms with Gasteiger partial charge in [0.25, 0.3) is 0 Å². The second-order valence-electron chi connectivity index (χ2n) is 3.80. The van der Waals surface area contributed by atoms with E-state index in [1.807, 2.05) is 7.05 Å². The van der Waals surface area contributed by atoms with E-state index in [1.54, 1.807) is 25.3 Å². The van der Waals surface area contributed by atoms with Crippen molar-refractivity contribution in [3.8, 4) is 17.2 Å². The maximum absolute atomic E-state index is 9.34. The molecule has 15 heavy (non-hydrogen) atoms. The molecule has 0 aromatic heterocycles. The van der Waals surface area contributed by atoms with Crippen LogP contribution < -0.4 is 9.47 Å². The number of rotatable bonds is 3. The summed E-state index contributed by atoms with van der Waals surface area (Å²) in [5.41, 5.74) is 0. The molecule has 4 nitrogen and oxygen atoms in total. The Kier molecular flexibility index (Phi) is 2.68. The Morgan fingerprint density at radius 3 is 2.67 bits per heavy atom. The van der Waals surface area contributed by atoms with E-state index in [0.717, 1.165) is 13.1 Å². The minimum atomic E-state index is 0.193. The van der Waals surface area contributed by atoms with Crippen molar-refractivity contribution in [3.63, 3.8) is 0 Å². The normalized spacial score (nSPS) is 17.2. The quantitative estimate of drug-likeness (QED) is 0.809. The fraction of sp³-hybridized carbons (Fsp3) is 0.455. The summed E-state index contributed by atoms with van der Waals surface area (Å²) in [5, 5.41) is 9.34. The van der Waals surface area contributed by atoms with Crippen LogP contribution in [-0.2, 0) is 0 Å². The van der Waals surface area contributed by atoms with Crippen LogP contribution in [0, 0.1) is 0 Å². The Bertz CT molecular complexity index is 348. The van der Waals surface area contributed by atoms with E-state index in [2.05, 4.69) is 4.90 Å². The molecule has 0 amide bonds. The first kappa shape index (κ1) is 10.1. The number of aromatic hydroxyl groups is 1. The van der Waals surface area contributed by atoms with Crippen molar-refractivity contribution in [2.45, 2.75) is 6.10 Å². The third-order valence-electron chi connectivity index (χ3n) is 2.47. The van der Waals surface area contributed by atoms with Crippen LogP contribution >= 0.6 is 0 Å². The van der Waals surface area contributed by atoms with Crippen molar-refractivity contribution in [2.24, 2.45) is 0 Å². The number of likely N-dealkylation sites (N-methyl/N-ethyl adjacent to an activating group) is 1. The van der Waals surface area contributed by atoms with Crippen LogP contribution in [0.1, 0.15) is 0 Å². The Balaban J connectivity index is 2.08. The minimum Gasteiger partial charge on any atom is -0.508 e. The van der Waals surface area contributed by atoms with Gasteiger partial charge in [-0.25, -0.2) is 0 Å². The number of methoxy groups -OCH3 is 1. The van der Waals surface area contributed by atoms with Crippen LogP contribution in [0.2, 0.25) is 0 Å². The largest absolute Gasteiger partial charge is 0.508 e. The molecule has 0 atom stereocenters. The van der Waals surface area contributed by atoms with Gasteiger partial charge < -0.3 is 14.6 Å². The van der Waals surface area contributed by atoms with Gasteiger partial charge in [0.2, 0.25) is 0 Å². The molecule has 82 valence electrons. The number of hydrogen-bond donors (Lipinski definition) is 1. The SMILES string of the molecule is COc1ccc(O)cc1OC1CN(C)C1. The highest BCUT2D eigenvalue weighted by Crippen LogP contribution is 2.32. The summed E-state index contributed by atoms with van der Waals surface area (Å²) >= 11 is 0. The lowest BCUT2D eigenvalue weighted by molar-refractivity contribution is 0.0368. The van der Waals surface area contributed by atoms with Gasteiger partial charge in [0.15, 0.2) is 11.5 Å². The topological polar surface area (TPSA) is 41.9 Å². The van der Waals surface area contributed by atoms with E-state index >= 15 is 0 Å². The molecule has 0 aliphatic carbocycles. The Hall–Kier alpha value is -1.42. The summed E-state index contributed by atoms with van der Waals surface area (Å²) < 4.78 is 10.8. The molecular formula is C11H15NO3. The van der Waals surface area contributed by atoms with Crippen molar-refractivity contribution in [1.82, 2.24) is 4.90 Å². The third kappa shape index (κ3) is 2.15. The standard InChI is InChI=1S/C11H15NO3/c1-12-6-9(7-12)15-11-5-8(13)3-4-10(11)14-2/h3-5,9,13H,6-7H2,1-2H3. The molecule has 1 saturated heterocycles. The number of phenolic OH excluding ortho intramolecular Hbond substituents is 1. The van der Waals surface area contributed by atoms with Gasteiger partial charge >= 0.3 is 0 Å². The fourth-order valence-corrected chi connectivity index (χ4v) is 1.65. The van der Waals surface area contributed by atoms with E-state index in [0.29, 0.717) is 11.5 Å². The first-order chi connectivity index (χ1) is 7.19. The zero-order valence-electron chi connectivity index (χ0n) is 8.93. The Morgan fingerprint density at radius 1 is 1.33 bits per heavy atom. The van der Waals surface area contributed by atoms with E-state index in [9.17, 15) is 5.11 Å². The van der Waals surface area contributed by atoms with Gasteiger partial charge in [-0.2, -0.15) is 0 Å². The summed E-state index contributed by atoms with van der Waals surface area (Å²) in [5.74, 6) is 1.46. The molecule has 1 aliphatic heterocycles. The third-order valence-corrected chi connectivity index (χ3v) is 2.47. The van der Waals surface area contributed by atoms with Crippen LogP contribution in [-0.4, -0.2) is 43.4 Å². The number of phenols is 1. The predicted octanol–water partition coefficient (Wildman–Crippen LogP) is 1.09. The summed E-state index contributed by atoms with van der Waals surface area (Å²) in [6.45, 7) is 1.83. The van der Waals surface area contributed by atoms with Crippen LogP contribution in [0.4, 0.5) is 0 Å². The monoisotopic (exact) mass is 209 g/mol. The van der Waals surface area contributed by atoms with Gasteiger partial charge in [0, 0.05) is 19.2 Å². The van der Waals surface area contributed by atoms with Gasteiger partial charge in [0.1, 0.15) is 11.9 Å². The molecule has 0 radical (unpaired) electrons. The maximum Gasteiger partial charge on any atom is 0.165 e. The Labute approximate surface area is 89.0 Å². The first-order valence-corrected chi connectivity index (χ1v) is 4.91. The number of nitrogens with zero attached hydrogens (tertiary/aromatic N) is 1.